The van der Waals surface area contributed by atoms with E-state index in [2.05, 4.69) is 0 Å². The van der Waals surface area contributed by atoms with Gasteiger partial charge >= 0.3 is 0 Å². The highest BCUT2D eigenvalue weighted by molar-refractivity contribution is 8.13. The van der Waals surface area contributed by atoms with E-state index >= 15 is 0 Å². The lowest BCUT2D eigenvalue weighted by Crippen LogP contribution is -2.34. The molecule has 2 rings (SSSR count). The van der Waals surface area contributed by atoms with Crippen LogP contribution in [0.3, 0.4) is 0 Å². The van der Waals surface area contributed by atoms with Gasteiger partial charge in [0.05, 0.1) is 12.4 Å². The summed E-state index contributed by atoms with van der Waals surface area (Å²) in [5, 5.41) is 0. The third-order valence-corrected chi connectivity index (χ3v) is 6.16. The van der Waals surface area contributed by atoms with E-state index in [-0.39, 0.29) is 11.2 Å². The van der Waals surface area contributed by atoms with Crippen molar-refractivity contribution in [2.45, 2.75) is 64.2 Å². The van der Waals surface area contributed by atoms with Gasteiger partial charge in [0, 0.05) is 22.7 Å². The maximum atomic E-state index is 11.5. The van der Waals surface area contributed by atoms with Crippen LogP contribution in [0.15, 0.2) is 0 Å². The smallest absolute Gasteiger partial charge is 0.233 e. The lowest BCUT2D eigenvalue weighted by atomic mass is 9.83. The predicted octanol–water partition coefficient (Wildman–Crippen LogP) is 4.10. The molecule has 0 aromatic carbocycles. The molecule has 0 aliphatic heterocycles. The standard InChI is InChI=1S/C15H27ClO3S/c16-20(17,18)13-15(9-5-1-2-6-10-15)12-19-11-14-7-3-4-8-14/h14H,1-13H2. The molecule has 0 saturated heterocycles. The number of halogens is 1. The van der Waals surface area contributed by atoms with Gasteiger partial charge in [-0.05, 0) is 31.6 Å². The molecule has 2 saturated carbocycles. The van der Waals surface area contributed by atoms with Crippen LogP contribution in [-0.2, 0) is 13.8 Å². The Bertz CT molecular complexity index is 380. The van der Waals surface area contributed by atoms with Crippen LogP contribution in [0, 0.1) is 11.3 Å². The first-order chi connectivity index (χ1) is 9.49. The zero-order chi connectivity index (χ0) is 14.5. The minimum absolute atomic E-state index is 0.0756. The van der Waals surface area contributed by atoms with Gasteiger partial charge in [-0.2, -0.15) is 0 Å². The minimum Gasteiger partial charge on any atom is -0.381 e. The molecular weight excluding hydrogens is 296 g/mol. The molecule has 0 aromatic rings. The van der Waals surface area contributed by atoms with Crippen molar-refractivity contribution in [3.8, 4) is 0 Å². The van der Waals surface area contributed by atoms with Gasteiger partial charge in [-0.1, -0.05) is 38.5 Å². The van der Waals surface area contributed by atoms with Crippen molar-refractivity contribution >= 4 is 19.7 Å². The Morgan fingerprint density at radius 2 is 1.60 bits per heavy atom. The Morgan fingerprint density at radius 1 is 1.00 bits per heavy atom. The van der Waals surface area contributed by atoms with Crippen molar-refractivity contribution in [2.75, 3.05) is 19.0 Å². The first-order valence-corrected chi connectivity index (χ1v) is 10.5. The third kappa shape index (κ3) is 5.53. The second-order valence-electron chi connectivity index (χ2n) is 6.76. The van der Waals surface area contributed by atoms with E-state index in [4.69, 9.17) is 15.4 Å². The van der Waals surface area contributed by atoms with E-state index in [0.717, 1.165) is 32.3 Å². The number of ether oxygens (including phenoxy) is 1. The fourth-order valence-corrected chi connectivity index (χ4v) is 5.59. The third-order valence-electron chi connectivity index (χ3n) is 4.88. The molecule has 0 unspecified atom stereocenters. The van der Waals surface area contributed by atoms with E-state index in [0.29, 0.717) is 12.5 Å². The van der Waals surface area contributed by atoms with Gasteiger partial charge in [0.25, 0.3) is 0 Å². The van der Waals surface area contributed by atoms with Crippen LogP contribution in [0.1, 0.15) is 64.2 Å². The molecule has 0 amide bonds. The summed E-state index contributed by atoms with van der Waals surface area (Å²) < 4.78 is 29.0. The summed E-state index contributed by atoms with van der Waals surface area (Å²) in [5.41, 5.74) is -0.240. The fourth-order valence-electron chi connectivity index (χ4n) is 3.79. The summed E-state index contributed by atoms with van der Waals surface area (Å²) in [7, 11) is 2.08. The van der Waals surface area contributed by atoms with Gasteiger partial charge in [-0.25, -0.2) is 8.42 Å². The van der Waals surface area contributed by atoms with Crippen LogP contribution in [0.5, 0.6) is 0 Å². The van der Waals surface area contributed by atoms with Crippen LogP contribution in [0.4, 0.5) is 0 Å². The topological polar surface area (TPSA) is 43.4 Å². The Labute approximate surface area is 127 Å². The predicted molar refractivity (Wildman–Crippen MR) is 82.6 cm³/mol. The van der Waals surface area contributed by atoms with E-state index in [1.807, 2.05) is 0 Å². The molecule has 2 aliphatic carbocycles. The maximum Gasteiger partial charge on any atom is 0.233 e. The van der Waals surface area contributed by atoms with Crippen molar-refractivity contribution < 1.29 is 13.2 Å². The molecule has 118 valence electrons. The molecule has 0 bridgehead atoms. The minimum atomic E-state index is -3.46. The second-order valence-corrected chi connectivity index (χ2v) is 9.54. The van der Waals surface area contributed by atoms with Crippen LogP contribution in [-0.4, -0.2) is 27.4 Å². The number of hydrogen-bond acceptors (Lipinski definition) is 3. The Kier molecular flexibility index (Phi) is 6.18. The highest BCUT2D eigenvalue weighted by atomic mass is 35.7. The molecule has 0 spiro atoms. The van der Waals surface area contributed by atoms with Crippen LogP contribution in [0.2, 0.25) is 0 Å². The molecule has 0 aromatic heterocycles. The second kappa shape index (κ2) is 7.46. The first-order valence-electron chi connectivity index (χ1n) is 7.99. The Balaban J connectivity index is 1.90. The van der Waals surface area contributed by atoms with Gasteiger partial charge in [0.2, 0.25) is 9.05 Å². The summed E-state index contributed by atoms with van der Waals surface area (Å²) in [6.07, 6.45) is 11.6. The van der Waals surface area contributed by atoms with Crippen molar-refractivity contribution in [2.24, 2.45) is 11.3 Å². The normalized spacial score (nSPS) is 24.6. The lowest BCUT2D eigenvalue weighted by Gasteiger charge is -2.31. The molecule has 20 heavy (non-hydrogen) atoms. The van der Waals surface area contributed by atoms with Crippen molar-refractivity contribution in [1.82, 2.24) is 0 Å². The van der Waals surface area contributed by atoms with Crippen LogP contribution in [0.25, 0.3) is 0 Å². The molecule has 5 heteroatoms. The van der Waals surface area contributed by atoms with Gasteiger partial charge in [0.15, 0.2) is 0 Å². The Morgan fingerprint density at radius 3 is 2.15 bits per heavy atom. The molecule has 0 atom stereocenters. The summed E-state index contributed by atoms with van der Waals surface area (Å²) in [4.78, 5) is 0. The lowest BCUT2D eigenvalue weighted by molar-refractivity contribution is 0.0279. The monoisotopic (exact) mass is 322 g/mol. The van der Waals surface area contributed by atoms with Gasteiger partial charge in [0.1, 0.15) is 0 Å². The average molecular weight is 323 g/mol. The summed E-state index contributed by atoms with van der Waals surface area (Å²) >= 11 is 0. The highest BCUT2D eigenvalue weighted by Gasteiger charge is 2.36. The van der Waals surface area contributed by atoms with Crippen LogP contribution < -0.4 is 0 Å². The van der Waals surface area contributed by atoms with E-state index in [1.54, 1.807) is 0 Å². The number of rotatable bonds is 6. The fraction of sp³-hybridized carbons (Fsp3) is 1.00. The molecule has 0 heterocycles. The SMILES string of the molecule is O=S(=O)(Cl)CC1(COCC2CCCC2)CCCCCC1. The van der Waals surface area contributed by atoms with E-state index < -0.39 is 9.05 Å². The molecule has 0 radical (unpaired) electrons. The van der Waals surface area contributed by atoms with Crippen molar-refractivity contribution in [3.63, 3.8) is 0 Å². The first kappa shape index (κ1) is 16.6. The summed E-state index contributed by atoms with van der Waals surface area (Å²) in [5.74, 6) is 0.761. The number of hydrogen-bond donors (Lipinski definition) is 0. The summed E-state index contributed by atoms with van der Waals surface area (Å²) in [6, 6.07) is 0. The quantitative estimate of drug-likeness (QED) is 0.546. The van der Waals surface area contributed by atoms with E-state index in [9.17, 15) is 8.42 Å². The van der Waals surface area contributed by atoms with E-state index in [1.165, 1.54) is 38.5 Å². The van der Waals surface area contributed by atoms with Gasteiger partial charge in [-0.3, -0.25) is 0 Å². The zero-order valence-electron chi connectivity index (χ0n) is 12.3. The summed E-state index contributed by atoms with van der Waals surface area (Å²) in [6.45, 7) is 1.36. The molecular formula is C15H27ClO3S. The molecule has 2 aliphatic rings. The van der Waals surface area contributed by atoms with Gasteiger partial charge < -0.3 is 4.74 Å². The molecule has 0 N–H and O–H groups in total. The van der Waals surface area contributed by atoms with Crippen LogP contribution >= 0.6 is 10.7 Å². The molecule has 3 nitrogen and oxygen atoms in total. The largest absolute Gasteiger partial charge is 0.381 e. The average Bonchev–Trinajstić information content (AvgIpc) is 2.75. The van der Waals surface area contributed by atoms with Gasteiger partial charge in [-0.15, -0.1) is 0 Å². The highest BCUT2D eigenvalue weighted by Crippen LogP contribution is 2.38. The van der Waals surface area contributed by atoms with Crippen molar-refractivity contribution in [3.05, 3.63) is 0 Å². The zero-order valence-corrected chi connectivity index (χ0v) is 13.9. The maximum absolute atomic E-state index is 11.5. The van der Waals surface area contributed by atoms with Crippen molar-refractivity contribution in [1.29, 1.82) is 0 Å². The Hall–Kier alpha value is 0.200. The molecule has 2 fully saturated rings.